The highest BCUT2D eigenvalue weighted by atomic mass is 19.3. The molecule has 0 bridgehead atoms. The monoisotopic (exact) mass is 186 g/mol. The van der Waals surface area contributed by atoms with Crippen LogP contribution in [0.25, 0.3) is 0 Å². The summed E-state index contributed by atoms with van der Waals surface area (Å²) in [6.45, 7) is 4.67. The molecule has 2 nitrogen and oxygen atoms in total. The number of halogens is 2. The summed E-state index contributed by atoms with van der Waals surface area (Å²) >= 11 is 0. The molecule has 1 heterocycles. The van der Waals surface area contributed by atoms with Gasteiger partial charge in [0.25, 0.3) is 5.92 Å². The van der Waals surface area contributed by atoms with E-state index in [4.69, 9.17) is 0 Å². The maximum absolute atomic E-state index is 12.7. The van der Waals surface area contributed by atoms with Crippen LogP contribution in [0.15, 0.2) is 12.4 Å². The lowest BCUT2D eigenvalue weighted by Crippen LogP contribution is -2.09. The Morgan fingerprint density at radius 2 is 1.69 bits per heavy atom. The molecule has 0 aromatic carbocycles. The molecule has 0 radical (unpaired) electrons. The van der Waals surface area contributed by atoms with Crippen molar-refractivity contribution in [3.8, 4) is 0 Å². The van der Waals surface area contributed by atoms with Gasteiger partial charge in [-0.15, -0.1) is 0 Å². The second kappa shape index (κ2) is 3.36. The lowest BCUT2D eigenvalue weighted by molar-refractivity contribution is 0.0166. The molecular weight excluding hydrogens is 174 g/mol. The molecule has 0 N–H and O–H groups in total. The van der Waals surface area contributed by atoms with Crippen molar-refractivity contribution in [2.45, 2.75) is 32.6 Å². The molecule has 0 saturated carbocycles. The maximum atomic E-state index is 12.7. The van der Waals surface area contributed by atoms with Gasteiger partial charge in [0.2, 0.25) is 0 Å². The highest BCUT2D eigenvalue weighted by Gasteiger charge is 2.25. The van der Waals surface area contributed by atoms with Gasteiger partial charge in [-0.2, -0.15) is 0 Å². The minimum Gasteiger partial charge on any atom is -0.241 e. The average molecular weight is 186 g/mol. The summed E-state index contributed by atoms with van der Waals surface area (Å²) in [5.41, 5.74) is -0.142. The first-order valence-electron chi connectivity index (χ1n) is 4.11. The van der Waals surface area contributed by atoms with Crippen molar-refractivity contribution in [1.82, 2.24) is 9.97 Å². The lowest BCUT2D eigenvalue weighted by Gasteiger charge is -2.10. The fraction of sp³-hybridized carbons (Fsp3) is 0.556. The van der Waals surface area contributed by atoms with Crippen LogP contribution in [0.3, 0.4) is 0 Å². The molecule has 1 rings (SSSR count). The van der Waals surface area contributed by atoms with Crippen molar-refractivity contribution in [1.29, 1.82) is 0 Å². The summed E-state index contributed by atoms with van der Waals surface area (Å²) in [5, 5.41) is 0. The van der Waals surface area contributed by atoms with Crippen LogP contribution >= 0.6 is 0 Å². The standard InChI is InChI=1S/C9H12F2N2/c1-6(2)8-12-4-7(5-13-8)9(3,10)11/h4-6H,1-3H3. The van der Waals surface area contributed by atoms with E-state index in [-0.39, 0.29) is 11.5 Å². The van der Waals surface area contributed by atoms with Crippen molar-refractivity contribution in [2.75, 3.05) is 0 Å². The van der Waals surface area contributed by atoms with Gasteiger partial charge in [-0.3, -0.25) is 0 Å². The number of rotatable bonds is 2. The molecule has 1 aromatic rings. The lowest BCUT2D eigenvalue weighted by atomic mass is 10.2. The topological polar surface area (TPSA) is 25.8 Å². The van der Waals surface area contributed by atoms with E-state index >= 15 is 0 Å². The van der Waals surface area contributed by atoms with Gasteiger partial charge < -0.3 is 0 Å². The third-order valence-corrected chi connectivity index (χ3v) is 1.70. The SMILES string of the molecule is CC(C)c1ncc(C(C)(F)F)cn1. The van der Waals surface area contributed by atoms with Crippen molar-refractivity contribution in [3.05, 3.63) is 23.8 Å². The van der Waals surface area contributed by atoms with Gasteiger partial charge in [0.05, 0.1) is 5.56 Å². The Balaban J connectivity index is 2.94. The molecule has 13 heavy (non-hydrogen) atoms. The fourth-order valence-electron chi connectivity index (χ4n) is 0.863. The minimum absolute atomic E-state index is 0.142. The Kier molecular flexibility index (Phi) is 2.59. The predicted molar refractivity (Wildman–Crippen MR) is 45.7 cm³/mol. The Hall–Kier alpha value is -1.06. The first-order chi connectivity index (χ1) is 5.91. The summed E-state index contributed by atoms with van der Waals surface area (Å²) in [7, 11) is 0. The number of nitrogens with zero attached hydrogens (tertiary/aromatic N) is 2. The van der Waals surface area contributed by atoms with E-state index in [1.54, 1.807) is 0 Å². The zero-order chi connectivity index (χ0) is 10.1. The Morgan fingerprint density at radius 3 is 2.00 bits per heavy atom. The Morgan fingerprint density at radius 1 is 1.23 bits per heavy atom. The molecule has 0 fully saturated rings. The van der Waals surface area contributed by atoms with E-state index in [0.29, 0.717) is 5.82 Å². The third kappa shape index (κ3) is 2.44. The summed E-state index contributed by atoms with van der Waals surface area (Å²) in [4.78, 5) is 7.71. The molecule has 1 aromatic heterocycles. The summed E-state index contributed by atoms with van der Waals surface area (Å²) in [5.74, 6) is -2.09. The number of hydrogen-bond acceptors (Lipinski definition) is 2. The zero-order valence-corrected chi connectivity index (χ0v) is 7.88. The van der Waals surface area contributed by atoms with Crippen molar-refractivity contribution >= 4 is 0 Å². The summed E-state index contributed by atoms with van der Waals surface area (Å²) in [6.07, 6.45) is 2.37. The maximum Gasteiger partial charge on any atom is 0.273 e. The van der Waals surface area contributed by atoms with Crippen LogP contribution in [0.2, 0.25) is 0 Å². The van der Waals surface area contributed by atoms with Gasteiger partial charge in [-0.1, -0.05) is 13.8 Å². The Labute approximate surface area is 76.0 Å². The first-order valence-corrected chi connectivity index (χ1v) is 4.11. The zero-order valence-electron chi connectivity index (χ0n) is 7.88. The molecule has 0 saturated heterocycles. The Bertz CT molecular complexity index is 275. The van der Waals surface area contributed by atoms with Crippen LogP contribution in [-0.4, -0.2) is 9.97 Å². The van der Waals surface area contributed by atoms with Gasteiger partial charge in [0.1, 0.15) is 5.82 Å². The van der Waals surface area contributed by atoms with Gasteiger partial charge in [-0.05, 0) is 0 Å². The molecule has 0 aliphatic heterocycles. The van der Waals surface area contributed by atoms with E-state index in [1.165, 1.54) is 12.4 Å². The molecule has 0 amide bonds. The van der Waals surface area contributed by atoms with Crippen LogP contribution in [0.4, 0.5) is 8.78 Å². The fourth-order valence-corrected chi connectivity index (χ4v) is 0.863. The van der Waals surface area contributed by atoms with Gasteiger partial charge in [-0.25, -0.2) is 18.7 Å². The second-order valence-corrected chi connectivity index (χ2v) is 3.37. The normalized spacial score (nSPS) is 12.2. The molecule has 0 aliphatic carbocycles. The number of hydrogen-bond donors (Lipinski definition) is 0. The van der Waals surface area contributed by atoms with Crippen molar-refractivity contribution < 1.29 is 8.78 Å². The van der Waals surface area contributed by atoms with Crippen LogP contribution in [-0.2, 0) is 5.92 Å². The number of aromatic nitrogens is 2. The van der Waals surface area contributed by atoms with E-state index in [9.17, 15) is 8.78 Å². The van der Waals surface area contributed by atoms with E-state index < -0.39 is 5.92 Å². The largest absolute Gasteiger partial charge is 0.273 e. The summed E-state index contributed by atoms with van der Waals surface area (Å²) < 4.78 is 25.4. The third-order valence-electron chi connectivity index (χ3n) is 1.70. The van der Waals surface area contributed by atoms with Gasteiger partial charge >= 0.3 is 0 Å². The van der Waals surface area contributed by atoms with Crippen molar-refractivity contribution in [3.63, 3.8) is 0 Å². The van der Waals surface area contributed by atoms with E-state index in [0.717, 1.165) is 6.92 Å². The van der Waals surface area contributed by atoms with E-state index in [1.807, 2.05) is 13.8 Å². The quantitative estimate of drug-likeness (QED) is 0.709. The van der Waals surface area contributed by atoms with Crippen LogP contribution in [0.5, 0.6) is 0 Å². The van der Waals surface area contributed by atoms with E-state index in [2.05, 4.69) is 9.97 Å². The first kappa shape index (κ1) is 10.0. The molecule has 0 spiro atoms. The highest BCUT2D eigenvalue weighted by molar-refractivity contribution is 5.11. The highest BCUT2D eigenvalue weighted by Crippen LogP contribution is 2.25. The number of alkyl halides is 2. The molecule has 72 valence electrons. The van der Waals surface area contributed by atoms with Crippen LogP contribution < -0.4 is 0 Å². The molecular formula is C9H12F2N2. The summed E-state index contributed by atoms with van der Waals surface area (Å²) in [6, 6.07) is 0. The molecule has 0 atom stereocenters. The molecule has 0 unspecified atom stereocenters. The average Bonchev–Trinajstić information content (AvgIpc) is 2.03. The van der Waals surface area contributed by atoms with Gasteiger partial charge in [0.15, 0.2) is 0 Å². The molecule has 4 heteroatoms. The smallest absolute Gasteiger partial charge is 0.241 e. The van der Waals surface area contributed by atoms with Crippen molar-refractivity contribution in [2.24, 2.45) is 0 Å². The van der Waals surface area contributed by atoms with Crippen LogP contribution in [0, 0.1) is 0 Å². The minimum atomic E-state index is -2.85. The predicted octanol–water partition coefficient (Wildman–Crippen LogP) is 2.71. The second-order valence-electron chi connectivity index (χ2n) is 3.37. The van der Waals surface area contributed by atoms with Gasteiger partial charge in [0, 0.05) is 25.2 Å². The molecule has 0 aliphatic rings. The van der Waals surface area contributed by atoms with Crippen LogP contribution in [0.1, 0.15) is 38.1 Å².